The lowest BCUT2D eigenvalue weighted by atomic mass is 9.95. The van der Waals surface area contributed by atoms with Gasteiger partial charge in [-0.2, -0.15) is 5.10 Å². The number of carbonyl (C=O) groups excluding carboxylic acids is 1. The molecule has 2 atom stereocenters. The zero-order chi connectivity index (χ0) is 20.1. The summed E-state index contributed by atoms with van der Waals surface area (Å²) >= 11 is 0. The number of amides is 1. The number of hydrogen-bond acceptors (Lipinski definition) is 4. The molecule has 2 aliphatic rings. The number of rotatable bonds is 6. The second-order valence-electron chi connectivity index (χ2n) is 8.54. The first-order valence-corrected chi connectivity index (χ1v) is 11.0. The minimum atomic E-state index is -0.0844. The second kappa shape index (κ2) is 10.9. The van der Waals surface area contributed by atoms with Crippen LogP contribution in [0.4, 0.5) is 0 Å². The molecule has 7 heteroatoms. The predicted molar refractivity (Wildman–Crippen MR) is 122 cm³/mol. The SMILES string of the molecule is CC1CCN(C(CNC(=O)c2ccn(C3CCCNC3)n2)c2ccccc2)CC1.Cl. The Morgan fingerprint density at radius 1 is 1.20 bits per heavy atom. The third-order valence-corrected chi connectivity index (χ3v) is 6.39. The largest absolute Gasteiger partial charge is 0.349 e. The van der Waals surface area contributed by atoms with E-state index in [1.807, 2.05) is 23.0 Å². The molecule has 0 radical (unpaired) electrons. The standard InChI is InChI=1S/C23H33N5O.ClH/c1-18-9-13-27(14-10-18)22(19-6-3-2-4-7-19)17-25-23(29)21-11-15-28(26-21)20-8-5-12-24-16-20;/h2-4,6-7,11,15,18,20,22,24H,5,8-10,12-14,16-17H2,1H3,(H,25,29);1H. The molecule has 4 rings (SSSR count). The van der Waals surface area contributed by atoms with E-state index in [9.17, 15) is 4.79 Å². The molecule has 30 heavy (non-hydrogen) atoms. The maximum atomic E-state index is 12.8. The van der Waals surface area contributed by atoms with Crippen molar-refractivity contribution in [2.45, 2.75) is 44.7 Å². The van der Waals surface area contributed by atoms with Gasteiger partial charge in [0.15, 0.2) is 0 Å². The van der Waals surface area contributed by atoms with Gasteiger partial charge in [0.25, 0.3) is 5.91 Å². The molecule has 1 amide bonds. The fraction of sp³-hybridized carbons (Fsp3) is 0.565. The first-order valence-electron chi connectivity index (χ1n) is 11.0. The summed E-state index contributed by atoms with van der Waals surface area (Å²) in [6.07, 6.45) is 6.64. The van der Waals surface area contributed by atoms with E-state index >= 15 is 0 Å². The number of nitrogens with one attached hydrogen (secondary N) is 2. The van der Waals surface area contributed by atoms with Crippen LogP contribution in [0.5, 0.6) is 0 Å². The number of aromatic nitrogens is 2. The maximum absolute atomic E-state index is 12.8. The monoisotopic (exact) mass is 431 g/mol. The highest BCUT2D eigenvalue weighted by molar-refractivity contribution is 5.92. The van der Waals surface area contributed by atoms with Crippen LogP contribution in [-0.4, -0.2) is 53.3 Å². The Morgan fingerprint density at radius 3 is 2.67 bits per heavy atom. The van der Waals surface area contributed by atoms with Crippen molar-refractivity contribution < 1.29 is 4.79 Å². The summed E-state index contributed by atoms with van der Waals surface area (Å²) in [5, 5.41) is 11.1. The van der Waals surface area contributed by atoms with Gasteiger partial charge in [-0.15, -0.1) is 12.4 Å². The summed E-state index contributed by atoms with van der Waals surface area (Å²) in [5.41, 5.74) is 1.77. The molecule has 2 aromatic rings. The lowest BCUT2D eigenvalue weighted by molar-refractivity contribution is 0.0907. The summed E-state index contributed by atoms with van der Waals surface area (Å²) in [6, 6.07) is 12.9. The van der Waals surface area contributed by atoms with Crippen molar-refractivity contribution in [1.29, 1.82) is 0 Å². The molecule has 0 aliphatic carbocycles. The first kappa shape index (κ1) is 22.8. The lowest BCUT2D eigenvalue weighted by Gasteiger charge is -2.37. The van der Waals surface area contributed by atoms with Crippen LogP contribution in [0.2, 0.25) is 0 Å². The van der Waals surface area contributed by atoms with Gasteiger partial charge >= 0.3 is 0 Å². The molecule has 1 aromatic heterocycles. The molecule has 164 valence electrons. The fourth-order valence-electron chi connectivity index (χ4n) is 4.47. The molecule has 0 bridgehead atoms. The van der Waals surface area contributed by atoms with Crippen LogP contribution in [-0.2, 0) is 0 Å². The summed E-state index contributed by atoms with van der Waals surface area (Å²) in [4.78, 5) is 15.3. The zero-order valence-electron chi connectivity index (χ0n) is 17.8. The van der Waals surface area contributed by atoms with Gasteiger partial charge < -0.3 is 10.6 Å². The van der Waals surface area contributed by atoms with Gasteiger partial charge in [0.2, 0.25) is 0 Å². The molecule has 3 heterocycles. The third kappa shape index (κ3) is 5.62. The van der Waals surface area contributed by atoms with Crippen LogP contribution in [0.15, 0.2) is 42.6 Å². The van der Waals surface area contributed by atoms with E-state index in [-0.39, 0.29) is 24.4 Å². The minimum Gasteiger partial charge on any atom is -0.349 e. The molecule has 2 unspecified atom stereocenters. The summed E-state index contributed by atoms with van der Waals surface area (Å²) < 4.78 is 1.95. The minimum absolute atomic E-state index is 0. The van der Waals surface area contributed by atoms with Crippen molar-refractivity contribution in [2.24, 2.45) is 5.92 Å². The highest BCUT2D eigenvalue weighted by atomic mass is 35.5. The topological polar surface area (TPSA) is 62.2 Å². The lowest BCUT2D eigenvalue weighted by Crippen LogP contribution is -2.42. The number of halogens is 1. The van der Waals surface area contributed by atoms with Crippen LogP contribution in [0.1, 0.15) is 60.7 Å². The highest BCUT2D eigenvalue weighted by Gasteiger charge is 2.25. The Kier molecular flexibility index (Phi) is 8.31. The van der Waals surface area contributed by atoms with E-state index in [0.29, 0.717) is 18.3 Å². The number of piperidine rings is 2. The molecule has 6 nitrogen and oxygen atoms in total. The second-order valence-corrected chi connectivity index (χ2v) is 8.54. The van der Waals surface area contributed by atoms with Crippen LogP contribution in [0.3, 0.4) is 0 Å². The maximum Gasteiger partial charge on any atom is 0.271 e. The molecule has 2 N–H and O–H groups in total. The number of nitrogens with zero attached hydrogens (tertiary/aromatic N) is 3. The Balaban J connectivity index is 0.00000256. The molecule has 0 spiro atoms. The normalized spacial score (nSPS) is 21.6. The first-order chi connectivity index (χ1) is 14.2. The van der Waals surface area contributed by atoms with Gasteiger partial charge in [-0.25, -0.2) is 0 Å². The number of likely N-dealkylation sites (tertiary alicyclic amines) is 1. The Labute approximate surface area is 185 Å². The van der Waals surface area contributed by atoms with Gasteiger partial charge in [-0.3, -0.25) is 14.4 Å². The van der Waals surface area contributed by atoms with Crippen molar-refractivity contribution in [3.05, 3.63) is 53.9 Å². The van der Waals surface area contributed by atoms with Crippen molar-refractivity contribution in [3.63, 3.8) is 0 Å². The van der Waals surface area contributed by atoms with E-state index in [0.717, 1.165) is 44.9 Å². The molecule has 1 aromatic carbocycles. The van der Waals surface area contributed by atoms with Crippen LogP contribution in [0, 0.1) is 5.92 Å². The Morgan fingerprint density at radius 2 is 1.97 bits per heavy atom. The van der Waals surface area contributed by atoms with Gasteiger partial charge in [-0.1, -0.05) is 37.3 Å². The van der Waals surface area contributed by atoms with Crippen molar-refractivity contribution in [3.8, 4) is 0 Å². The van der Waals surface area contributed by atoms with Crippen molar-refractivity contribution >= 4 is 18.3 Å². The molecular weight excluding hydrogens is 398 g/mol. The van der Waals surface area contributed by atoms with Gasteiger partial charge in [-0.05, 0) is 62.9 Å². The molecular formula is C23H34ClN5O. The molecule has 2 aliphatic heterocycles. The average Bonchev–Trinajstić information content (AvgIpc) is 3.27. The zero-order valence-corrected chi connectivity index (χ0v) is 18.6. The highest BCUT2D eigenvalue weighted by Crippen LogP contribution is 2.26. The van der Waals surface area contributed by atoms with Gasteiger partial charge in [0.05, 0.1) is 12.1 Å². The van der Waals surface area contributed by atoms with Crippen molar-refractivity contribution in [1.82, 2.24) is 25.3 Å². The average molecular weight is 432 g/mol. The van der Waals surface area contributed by atoms with E-state index in [1.165, 1.54) is 18.4 Å². The molecule has 0 saturated carbocycles. The van der Waals surface area contributed by atoms with Crippen LogP contribution >= 0.6 is 12.4 Å². The Bertz CT molecular complexity index is 782. The number of benzene rings is 1. The summed E-state index contributed by atoms with van der Waals surface area (Å²) in [7, 11) is 0. The molecule has 2 fully saturated rings. The molecule has 2 saturated heterocycles. The smallest absolute Gasteiger partial charge is 0.271 e. The summed E-state index contributed by atoms with van der Waals surface area (Å²) in [5.74, 6) is 0.703. The predicted octanol–water partition coefficient (Wildman–Crippen LogP) is 3.43. The number of carbonyl (C=O) groups is 1. The summed E-state index contributed by atoms with van der Waals surface area (Å²) in [6.45, 7) is 7.09. The van der Waals surface area contributed by atoms with E-state index in [4.69, 9.17) is 0 Å². The number of hydrogen-bond donors (Lipinski definition) is 2. The van der Waals surface area contributed by atoms with E-state index < -0.39 is 0 Å². The fourth-order valence-corrected chi connectivity index (χ4v) is 4.47. The van der Waals surface area contributed by atoms with E-state index in [1.54, 1.807) is 0 Å². The van der Waals surface area contributed by atoms with E-state index in [2.05, 4.69) is 51.8 Å². The quantitative estimate of drug-likeness (QED) is 0.735. The third-order valence-electron chi connectivity index (χ3n) is 6.39. The van der Waals surface area contributed by atoms with Gasteiger partial charge in [0, 0.05) is 19.3 Å². The Hall–Kier alpha value is -1.89. The van der Waals surface area contributed by atoms with Crippen molar-refractivity contribution in [2.75, 3.05) is 32.7 Å². The van der Waals surface area contributed by atoms with Gasteiger partial charge in [0.1, 0.15) is 5.69 Å². The van der Waals surface area contributed by atoms with Crippen LogP contribution < -0.4 is 10.6 Å². The van der Waals surface area contributed by atoms with Crippen LogP contribution in [0.25, 0.3) is 0 Å².